The molecular formula is C10H12N4OS. The number of methoxy groups -OCH3 is 1. The lowest BCUT2D eigenvalue weighted by Crippen LogP contribution is -2.49. The Kier molecular flexibility index (Phi) is 2.91. The third-order valence-electron chi connectivity index (χ3n) is 2.19. The summed E-state index contributed by atoms with van der Waals surface area (Å²) in [5.41, 5.74) is 6.55. The van der Waals surface area contributed by atoms with Crippen LogP contribution in [0.15, 0.2) is 29.3 Å². The molecule has 0 unspecified atom stereocenters. The number of nitrogens with one attached hydrogen (secondary N) is 2. The predicted octanol–water partition coefficient (Wildman–Crippen LogP) is 0.486. The van der Waals surface area contributed by atoms with Gasteiger partial charge in [-0.25, -0.2) is 4.99 Å². The Bertz CT molecular complexity index is 446. The van der Waals surface area contributed by atoms with Crippen molar-refractivity contribution in [3.05, 3.63) is 29.8 Å². The van der Waals surface area contributed by atoms with Crippen molar-refractivity contribution in [2.24, 2.45) is 10.7 Å². The molecule has 84 valence electrons. The fraction of sp³-hybridized carbons (Fsp3) is 0.200. The Balaban J connectivity index is 2.29. The summed E-state index contributed by atoms with van der Waals surface area (Å²) >= 11 is 5.01. The van der Waals surface area contributed by atoms with Crippen molar-refractivity contribution in [2.75, 3.05) is 7.11 Å². The highest BCUT2D eigenvalue weighted by molar-refractivity contribution is 7.80. The predicted molar refractivity (Wildman–Crippen MR) is 66.2 cm³/mol. The molecule has 1 aromatic carbocycles. The van der Waals surface area contributed by atoms with E-state index in [1.165, 1.54) is 0 Å². The van der Waals surface area contributed by atoms with E-state index in [2.05, 4.69) is 15.6 Å². The topological polar surface area (TPSA) is 71.7 Å². The van der Waals surface area contributed by atoms with Crippen LogP contribution < -0.4 is 21.1 Å². The van der Waals surface area contributed by atoms with Crippen LogP contribution in [0.3, 0.4) is 0 Å². The first-order valence-electron chi connectivity index (χ1n) is 4.74. The number of nitrogens with zero attached hydrogens (tertiary/aromatic N) is 1. The van der Waals surface area contributed by atoms with E-state index in [-0.39, 0.29) is 6.17 Å². The van der Waals surface area contributed by atoms with E-state index in [9.17, 15) is 0 Å². The van der Waals surface area contributed by atoms with Crippen molar-refractivity contribution in [3.63, 3.8) is 0 Å². The monoisotopic (exact) mass is 236 g/mol. The summed E-state index contributed by atoms with van der Waals surface area (Å²) in [4.78, 5) is 4.21. The fourth-order valence-corrected chi connectivity index (χ4v) is 1.67. The van der Waals surface area contributed by atoms with Crippen LogP contribution in [0.4, 0.5) is 0 Å². The van der Waals surface area contributed by atoms with Gasteiger partial charge in [0.15, 0.2) is 11.1 Å². The van der Waals surface area contributed by atoms with Crippen LogP contribution in [-0.2, 0) is 0 Å². The molecule has 1 aromatic rings. The average Bonchev–Trinajstić information content (AvgIpc) is 2.28. The Labute approximate surface area is 98.7 Å². The Morgan fingerprint density at radius 1 is 1.50 bits per heavy atom. The minimum atomic E-state index is -0.260. The van der Waals surface area contributed by atoms with Crippen molar-refractivity contribution in [1.29, 1.82) is 0 Å². The largest absolute Gasteiger partial charge is 0.497 e. The van der Waals surface area contributed by atoms with Gasteiger partial charge in [0.25, 0.3) is 0 Å². The van der Waals surface area contributed by atoms with E-state index in [1.807, 2.05) is 24.3 Å². The van der Waals surface area contributed by atoms with E-state index in [0.717, 1.165) is 11.3 Å². The number of thiocarbonyl (C=S) groups is 1. The number of hydrogen-bond acceptors (Lipinski definition) is 4. The third kappa shape index (κ3) is 2.22. The molecule has 1 atom stereocenters. The van der Waals surface area contributed by atoms with Crippen LogP contribution >= 0.6 is 12.2 Å². The molecule has 0 fully saturated rings. The molecular weight excluding hydrogens is 224 g/mol. The standard InChI is InChI=1S/C10H12N4OS/c1-15-7-4-2-3-6(5-7)8-12-9(11)14-10(16)13-8/h2-5,8H,1H3,(H4,11,12,13,14,16)/t8-/m1/s1. The third-order valence-corrected chi connectivity index (χ3v) is 2.41. The van der Waals surface area contributed by atoms with Gasteiger partial charge in [0.05, 0.1) is 7.11 Å². The molecule has 6 heteroatoms. The Morgan fingerprint density at radius 2 is 2.31 bits per heavy atom. The van der Waals surface area contributed by atoms with Gasteiger partial charge in [-0.1, -0.05) is 12.1 Å². The molecule has 16 heavy (non-hydrogen) atoms. The molecule has 4 N–H and O–H groups in total. The highest BCUT2D eigenvalue weighted by Crippen LogP contribution is 2.20. The first-order chi connectivity index (χ1) is 7.69. The smallest absolute Gasteiger partial charge is 0.197 e. The number of nitrogens with two attached hydrogens (primary N) is 1. The summed E-state index contributed by atoms with van der Waals surface area (Å²) in [5, 5.41) is 6.21. The van der Waals surface area contributed by atoms with Gasteiger partial charge in [0.2, 0.25) is 0 Å². The molecule has 0 saturated heterocycles. The average molecular weight is 236 g/mol. The molecule has 2 rings (SSSR count). The first kappa shape index (κ1) is 10.7. The molecule has 5 nitrogen and oxygen atoms in total. The summed E-state index contributed by atoms with van der Waals surface area (Å²) < 4.78 is 5.14. The van der Waals surface area contributed by atoms with E-state index < -0.39 is 0 Å². The van der Waals surface area contributed by atoms with Crippen molar-refractivity contribution >= 4 is 23.3 Å². The minimum Gasteiger partial charge on any atom is -0.497 e. The zero-order chi connectivity index (χ0) is 11.5. The fourth-order valence-electron chi connectivity index (χ4n) is 1.45. The van der Waals surface area contributed by atoms with Crippen LogP contribution in [0, 0.1) is 0 Å². The van der Waals surface area contributed by atoms with E-state index in [0.29, 0.717) is 11.1 Å². The van der Waals surface area contributed by atoms with Crippen LogP contribution in [0.1, 0.15) is 11.7 Å². The van der Waals surface area contributed by atoms with Crippen molar-refractivity contribution in [2.45, 2.75) is 6.17 Å². The Morgan fingerprint density at radius 3 is 3.00 bits per heavy atom. The van der Waals surface area contributed by atoms with Gasteiger partial charge in [0.1, 0.15) is 11.9 Å². The zero-order valence-electron chi connectivity index (χ0n) is 8.73. The van der Waals surface area contributed by atoms with Crippen molar-refractivity contribution in [1.82, 2.24) is 10.6 Å². The molecule has 0 spiro atoms. The molecule has 0 radical (unpaired) electrons. The number of ether oxygens (including phenoxy) is 1. The minimum absolute atomic E-state index is 0.260. The summed E-state index contributed by atoms with van der Waals surface area (Å²) in [6.07, 6.45) is -0.260. The zero-order valence-corrected chi connectivity index (χ0v) is 9.54. The van der Waals surface area contributed by atoms with Gasteiger partial charge >= 0.3 is 0 Å². The van der Waals surface area contributed by atoms with Crippen LogP contribution in [-0.4, -0.2) is 18.2 Å². The number of hydrogen-bond donors (Lipinski definition) is 3. The lowest BCUT2D eigenvalue weighted by molar-refractivity contribution is 0.413. The normalized spacial score (nSPS) is 19.4. The highest BCUT2D eigenvalue weighted by Gasteiger charge is 2.17. The maximum Gasteiger partial charge on any atom is 0.197 e. The highest BCUT2D eigenvalue weighted by atomic mass is 32.1. The second-order valence-corrected chi connectivity index (χ2v) is 3.70. The van der Waals surface area contributed by atoms with Gasteiger partial charge in [0, 0.05) is 5.56 Å². The van der Waals surface area contributed by atoms with E-state index in [1.54, 1.807) is 7.11 Å². The molecule has 1 aliphatic heterocycles. The summed E-state index contributed by atoms with van der Waals surface area (Å²) in [6, 6.07) is 7.59. The second-order valence-electron chi connectivity index (χ2n) is 3.29. The molecule has 0 aliphatic carbocycles. The number of aliphatic imine (C=N–C) groups is 1. The van der Waals surface area contributed by atoms with E-state index >= 15 is 0 Å². The number of benzene rings is 1. The number of guanidine groups is 1. The van der Waals surface area contributed by atoms with Crippen LogP contribution in [0.25, 0.3) is 0 Å². The van der Waals surface area contributed by atoms with Crippen LogP contribution in [0.2, 0.25) is 0 Å². The van der Waals surface area contributed by atoms with Gasteiger partial charge in [-0.3, -0.25) is 0 Å². The SMILES string of the molecule is COc1cccc([C@@H]2N=C(N)NC(=S)N2)c1. The van der Waals surface area contributed by atoms with Crippen molar-refractivity contribution in [3.8, 4) is 5.75 Å². The van der Waals surface area contributed by atoms with Gasteiger partial charge in [-0.2, -0.15) is 0 Å². The molecule has 1 heterocycles. The maximum absolute atomic E-state index is 5.60. The molecule has 0 bridgehead atoms. The molecule has 0 aromatic heterocycles. The van der Waals surface area contributed by atoms with Gasteiger partial charge < -0.3 is 21.1 Å². The Hall–Kier alpha value is -1.82. The summed E-state index contributed by atoms with van der Waals surface area (Å²) in [6.45, 7) is 0. The first-order valence-corrected chi connectivity index (χ1v) is 5.14. The lowest BCUT2D eigenvalue weighted by Gasteiger charge is -2.23. The van der Waals surface area contributed by atoms with Crippen LogP contribution in [0.5, 0.6) is 5.75 Å². The molecule has 1 aliphatic rings. The summed E-state index contributed by atoms with van der Waals surface area (Å²) in [5.74, 6) is 1.09. The molecule has 0 amide bonds. The molecule has 0 saturated carbocycles. The number of rotatable bonds is 2. The van der Waals surface area contributed by atoms with Gasteiger partial charge in [-0.05, 0) is 24.4 Å². The summed E-state index contributed by atoms with van der Waals surface area (Å²) in [7, 11) is 1.62. The maximum atomic E-state index is 5.60. The lowest BCUT2D eigenvalue weighted by atomic mass is 10.1. The van der Waals surface area contributed by atoms with Crippen molar-refractivity contribution < 1.29 is 4.74 Å². The van der Waals surface area contributed by atoms with Gasteiger partial charge in [-0.15, -0.1) is 0 Å². The van der Waals surface area contributed by atoms with E-state index in [4.69, 9.17) is 22.7 Å². The second kappa shape index (κ2) is 4.36. The quantitative estimate of drug-likeness (QED) is 0.652.